The van der Waals surface area contributed by atoms with Gasteiger partial charge in [0.2, 0.25) is 5.91 Å². The van der Waals surface area contributed by atoms with E-state index < -0.39 is 16.9 Å². The quantitative estimate of drug-likeness (QED) is 0.541. The summed E-state index contributed by atoms with van der Waals surface area (Å²) in [6.45, 7) is 9.59. The van der Waals surface area contributed by atoms with E-state index in [1.165, 1.54) is 6.08 Å². The molecular formula is C21H37N3O5. The molecule has 2 rings (SSSR count). The molecule has 0 aromatic carbocycles. The summed E-state index contributed by atoms with van der Waals surface area (Å²) in [4.78, 5) is 27.0. The van der Waals surface area contributed by atoms with Crippen molar-refractivity contribution in [3.05, 3.63) is 11.8 Å². The molecule has 2 saturated heterocycles. The van der Waals surface area contributed by atoms with Crippen LogP contribution in [0.3, 0.4) is 0 Å². The molecule has 0 spiro atoms. The number of likely N-dealkylation sites (tertiary alicyclic amines) is 1. The molecule has 2 aliphatic heterocycles. The summed E-state index contributed by atoms with van der Waals surface area (Å²) in [7, 11) is 0. The third kappa shape index (κ3) is 6.77. The third-order valence-electron chi connectivity index (χ3n) is 5.88. The fourth-order valence-electron chi connectivity index (χ4n) is 3.43. The maximum Gasteiger partial charge on any atom is 0.252 e. The molecule has 0 bridgehead atoms. The first-order valence-corrected chi connectivity index (χ1v) is 10.5. The predicted molar refractivity (Wildman–Crippen MR) is 110 cm³/mol. The summed E-state index contributed by atoms with van der Waals surface area (Å²) in [5.41, 5.74) is 5.06. The second-order valence-electron chi connectivity index (χ2n) is 9.19. The average Bonchev–Trinajstić information content (AvgIpc) is 2.67. The van der Waals surface area contributed by atoms with Gasteiger partial charge in [-0.05, 0) is 46.0 Å². The zero-order valence-electron chi connectivity index (χ0n) is 18.2. The van der Waals surface area contributed by atoms with Crippen LogP contribution in [-0.2, 0) is 19.1 Å². The molecule has 0 radical (unpaired) electrons. The number of amides is 2. The molecule has 0 aromatic rings. The number of hydrogen-bond acceptors (Lipinski definition) is 7. The highest BCUT2D eigenvalue weighted by Crippen LogP contribution is 2.25. The van der Waals surface area contributed by atoms with Crippen LogP contribution in [0.4, 0.5) is 0 Å². The minimum atomic E-state index is -0.852. The summed E-state index contributed by atoms with van der Waals surface area (Å²) in [6.07, 6.45) is 4.94. The lowest BCUT2D eigenvalue weighted by molar-refractivity contribution is -0.173. The van der Waals surface area contributed by atoms with E-state index in [0.717, 1.165) is 19.3 Å². The molecule has 2 aliphatic rings. The van der Waals surface area contributed by atoms with Gasteiger partial charge in [-0.3, -0.25) is 19.8 Å². The van der Waals surface area contributed by atoms with Crippen molar-refractivity contribution in [3.8, 4) is 0 Å². The number of nitrogens with two attached hydrogens (primary N) is 1. The van der Waals surface area contributed by atoms with Gasteiger partial charge in [0, 0.05) is 36.9 Å². The van der Waals surface area contributed by atoms with Crippen molar-refractivity contribution >= 4 is 11.8 Å². The Kier molecular flexibility index (Phi) is 8.22. The average molecular weight is 412 g/mol. The minimum absolute atomic E-state index is 0.227. The molecule has 29 heavy (non-hydrogen) atoms. The Morgan fingerprint density at radius 1 is 1.21 bits per heavy atom. The van der Waals surface area contributed by atoms with E-state index in [9.17, 15) is 14.7 Å². The molecule has 1 unspecified atom stereocenters. The number of rotatable bonds is 7. The first kappa shape index (κ1) is 23.8. The number of aliphatic hydroxyl groups is 1. The van der Waals surface area contributed by atoms with Crippen LogP contribution in [0, 0.1) is 5.41 Å². The van der Waals surface area contributed by atoms with Crippen molar-refractivity contribution in [3.63, 3.8) is 0 Å². The molecule has 2 heterocycles. The van der Waals surface area contributed by atoms with Gasteiger partial charge in [-0.1, -0.05) is 13.8 Å². The smallest absolute Gasteiger partial charge is 0.252 e. The fourth-order valence-corrected chi connectivity index (χ4v) is 3.43. The lowest BCUT2D eigenvalue weighted by Crippen LogP contribution is -2.58. The Hall–Kier alpha value is -1.48. The van der Waals surface area contributed by atoms with E-state index in [1.807, 2.05) is 18.7 Å². The van der Waals surface area contributed by atoms with Crippen molar-refractivity contribution in [2.45, 2.75) is 77.7 Å². The predicted octanol–water partition coefficient (Wildman–Crippen LogP) is 1.28. The first-order chi connectivity index (χ1) is 13.5. The number of carbonyl (C=O) groups is 2. The first-order valence-electron chi connectivity index (χ1n) is 10.5. The molecule has 4 N–H and O–H groups in total. The lowest BCUT2D eigenvalue weighted by atomic mass is 9.90. The van der Waals surface area contributed by atoms with Crippen LogP contribution in [0.1, 0.15) is 59.8 Å². The number of nitrogens with one attached hydrogen (secondary N) is 1. The molecule has 0 aromatic heterocycles. The molecule has 8 nitrogen and oxygen atoms in total. The van der Waals surface area contributed by atoms with Crippen molar-refractivity contribution < 1.29 is 24.2 Å². The molecule has 2 amide bonds. The molecule has 166 valence electrons. The number of aliphatic hydroxyl groups excluding tert-OH is 1. The molecular weight excluding hydrogens is 374 g/mol. The standard InChI is InChI=1S/C21H37N3O5/c1-20(2,14-29-18-7-5-6-12-28-18)16(22)13-17(26)23-19(27)21(3,4)24-10-8-15(25)9-11-24/h13,15,18,25H,5-12,14,22H2,1-4H3,(H,23,26,27). The number of nitrogens with zero attached hydrogens (tertiary/aromatic N) is 1. The monoisotopic (exact) mass is 411 g/mol. The highest BCUT2D eigenvalue weighted by Gasteiger charge is 2.37. The van der Waals surface area contributed by atoms with Crippen molar-refractivity contribution in [1.29, 1.82) is 0 Å². The van der Waals surface area contributed by atoms with E-state index in [4.69, 9.17) is 15.2 Å². The summed E-state index contributed by atoms with van der Waals surface area (Å²) < 4.78 is 11.4. The van der Waals surface area contributed by atoms with Gasteiger partial charge in [-0.15, -0.1) is 0 Å². The van der Waals surface area contributed by atoms with E-state index in [1.54, 1.807) is 13.8 Å². The summed E-state index contributed by atoms with van der Waals surface area (Å²) in [6, 6.07) is 0. The van der Waals surface area contributed by atoms with Gasteiger partial charge in [-0.2, -0.15) is 0 Å². The SMILES string of the molecule is CC(C)(COC1CCCCO1)C(N)=CC(=O)NC(=O)C(C)(C)N1CCC(O)CC1. The number of hydrogen-bond donors (Lipinski definition) is 3. The Morgan fingerprint density at radius 3 is 2.45 bits per heavy atom. The van der Waals surface area contributed by atoms with Gasteiger partial charge in [-0.25, -0.2) is 0 Å². The van der Waals surface area contributed by atoms with Crippen LogP contribution < -0.4 is 11.1 Å². The largest absolute Gasteiger partial charge is 0.401 e. The molecule has 8 heteroatoms. The minimum Gasteiger partial charge on any atom is -0.401 e. The Bertz CT molecular complexity index is 603. The molecule has 1 atom stereocenters. The van der Waals surface area contributed by atoms with Crippen LogP contribution in [-0.4, -0.2) is 66.1 Å². The van der Waals surface area contributed by atoms with Gasteiger partial charge in [0.25, 0.3) is 5.91 Å². The van der Waals surface area contributed by atoms with Gasteiger partial charge >= 0.3 is 0 Å². The molecule has 0 aliphatic carbocycles. The van der Waals surface area contributed by atoms with Gasteiger partial charge in [0.15, 0.2) is 6.29 Å². The lowest BCUT2D eigenvalue weighted by Gasteiger charge is -2.40. The topological polar surface area (TPSA) is 114 Å². The zero-order chi connectivity index (χ0) is 21.7. The second kappa shape index (κ2) is 10.0. The highest BCUT2D eigenvalue weighted by atomic mass is 16.7. The number of carbonyl (C=O) groups excluding carboxylic acids is 2. The molecule has 0 saturated carbocycles. The maximum absolute atomic E-state index is 12.7. The highest BCUT2D eigenvalue weighted by molar-refractivity contribution is 6.04. The van der Waals surface area contributed by atoms with Gasteiger partial charge < -0.3 is 20.3 Å². The second-order valence-corrected chi connectivity index (χ2v) is 9.19. The normalized spacial score (nSPS) is 23.1. The summed E-state index contributed by atoms with van der Waals surface area (Å²) in [5, 5.41) is 12.1. The van der Waals surface area contributed by atoms with E-state index in [-0.39, 0.29) is 18.3 Å². The van der Waals surface area contributed by atoms with E-state index in [0.29, 0.717) is 44.8 Å². The third-order valence-corrected chi connectivity index (χ3v) is 5.88. The Balaban J connectivity index is 1.89. The van der Waals surface area contributed by atoms with E-state index >= 15 is 0 Å². The number of imide groups is 1. The van der Waals surface area contributed by atoms with Crippen molar-refractivity contribution in [2.24, 2.45) is 11.1 Å². The summed E-state index contributed by atoms with van der Waals surface area (Å²) in [5.74, 6) is -0.924. The molecule has 2 fully saturated rings. The van der Waals surface area contributed by atoms with Crippen LogP contribution in [0.15, 0.2) is 11.8 Å². The number of piperidine rings is 1. The summed E-state index contributed by atoms with van der Waals surface area (Å²) >= 11 is 0. The maximum atomic E-state index is 12.7. The fraction of sp³-hybridized carbons (Fsp3) is 0.810. The Morgan fingerprint density at radius 2 is 1.86 bits per heavy atom. The van der Waals surface area contributed by atoms with Crippen molar-refractivity contribution in [1.82, 2.24) is 10.2 Å². The van der Waals surface area contributed by atoms with Crippen LogP contribution in [0.2, 0.25) is 0 Å². The number of ether oxygens (including phenoxy) is 2. The van der Waals surface area contributed by atoms with Crippen LogP contribution in [0.25, 0.3) is 0 Å². The zero-order valence-corrected chi connectivity index (χ0v) is 18.2. The van der Waals surface area contributed by atoms with E-state index in [2.05, 4.69) is 5.32 Å². The van der Waals surface area contributed by atoms with Crippen molar-refractivity contribution in [2.75, 3.05) is 26.3 Å². The van der Waals surface area contributed by atoms with Crippen LogP contribution in [0.5, 0.6) is 0 Å². The van der Waals surface area contributed by atoms with Gasteiger partial charge in [0.05, 0.1) is 18.2 Å². The van der Waals surface area contributed by atoms with Gasteiger partial charge in [0.1, 0.15) is 0 Å². The Labute approximate surface area is 173 Å². The van der Waals surface area contributed by atoms with Crippen LogP contribution >= 0.6 is 0 Å².